The molecule has 1 nitrogen and oxygen atoms in total. The van der Waals surface area contributed by atoms with Crippen molar-refractivity contribution >= 4 is 23.2 Å². The van der Waals surface area contributed by atoms with Crippen LogP contribution in [-0.2, 0) is 6.42 Å². The van der Waals surface area contributed by atoms with Crippen LogP contribution in [0.5, 0.6) is 0 Å². The third-order valence-electron chi connectivity index (χ3n) is 4.61. The van der Waals surface area contributed by atoms with Crippen molar-refractivity contribution in [2.75, 3.05) is 7.05 Å². The third-order valence-corrected chi connectivity index (χ3v) is 5.35. The molecule has 0 bridgehead atoms. The number of nitrogens with one attached hydrogen (secondary N) is 1. The minimum absolute atomic E-state index is 0.402. The van der Waals surface area contributed by atoms with Crippen molar-refractivity contribution in [3.8, 4) is 0 Å². The summed E-state index contributed by atoms with van der Waals surface area (Å²) in [4.78, 5) is 0. The van der Waals surface area contributed by atoms with Crippen molar-refractivity contribution in [1.82, 2.24) is 5.32 Å². The number of rotatable bonds is 4. The Balaban J connectivity index is 2.11. The van der Waals surface area contributed by atoms with Crippen LogP contribution in [0.3, 0.4) is 0 Å². The van der Waals surface area contributed by atoms with Gasteiger partial charge in [0, 0.05) is 6.04 Å². The molecule has 0 spiro atoms. The summed E-state index contributed by atoms with van der Waals surface area (Å²) >= 11 is 12.1. The summed E-state index contributed by atoms with van der Waals surface area (Å²) < 4.78 is 0. The summed E-state index contributed by atoms with van der Waals surface area (Å²) in [6, 6.07) is 6.49. The molecule has 1 aliphatic rings. The average molecular weight is 300 g/mol. The van der Waals surface area contributed by atoms with Crippen LogP contribution in [0.4, 0.5) is 0 Å². The topological polar surface area (TPSA) is 12.0 Å². The van der Waals surface area contributed by atoms with E-state index in [9.17, 15) is 0 Å². The first kappa shape index (κ1) is 15.2. The van der Waals surface area contributed by atoms with Crippen molar-refractivity contribution in [1.29, 1.82) is 0 Å². The minimum atomic E-state index is 0.402. The van der Waals surface area contributed by atoms with Crippen LogP contribution in [0, 0.1) is 5.41 Å². The maximum Gasteiger partial charge on any atom is 0.0595 e. The predicted molar refractivity (Wildman–Crippen MR) is 84.2 cm³/mol. The standard InChI is InChI=1S/C16H23Cl2N/c1-16(8-4-3-5-9-16)15(19-2)11-12-6-7-13(17)14(18)10-12/h6-7,10,15,19H,3-5,8-9,11H2,1-2H3. The van der Waals surface area contributed by atoms with E-state index < -0.39 is 0 Å². The first-order valence-corrected chi connectivity index (χ1v) is 7.92. The summed E-state index contributed by atoms with van der Waals surface area (Å²) in [5.41, 5.74) is 1.67. The number of likely N-dealkylation sites (N-methyl/N-ethyl adjacent to an activating group) is 1. The summed E-state index contributed by atoms with van der Waals surface area (Å²) in [5.74, 6) is 0. The van der Waals surface area contributed by atoms with E-state index in [1.807, 2.05) is 12.1 Å². The average Bonchev–Trinajstić information content (AvgIpc) is 2.40. The van der Waals surface area contributed by atoms with Gasteiger partial charge >= 0.3 is 0 Å². The monoisotopic (exact) mass is 299 g/mol. The van der Waals surface area contributed by atoms with Gasteiger partial charge in [0.1, 0.15) is 0 Å². The largest absolute Gasteiger partial charge is 0.316 e. The number of hydrogen-bond acceptors (Lipinski definition) is 1. The van der Waals surface area contributed by atoms with Gasteiger partial charge in [0.05, 0.1) is 10.0 Å². The van der Waals surface area contributed by atoms with Gasteiger partial charge in [0.15, 0.2) is 0 Å². The van der Waals surface area contributed by atoms with Gasteiger partial charge in [0.2, 0.25) is 0 Å². The molecule has 0 saturated heterocycles. The first-order chi connectivity index (χ1) is 9.05. The highest BCUT2D eigenvalue weighted by molar-refractivity contribution is 6.42. The molecule has 1 unspecified atom stereocenters. The van der Waals surface area contributed by atoms with Crippen LogP contribution in [0.15, 0.2) is 18.2 Å². The summed E-state index contributed by atoms with van der Waals surface area (Å²) in [6.07, 6.45) is 7.76. The molecule has 1 aromatic carbocycles. The van der Waals surface area contributed by atoms with E-state index in [-0.39, 0.29) is 0 Å². The van der Waals surface area contributed by atoms with Gasteiger partial charge in [-0.25, -0.2) is 0 Å². The molecule has 3 heteroatoms. The second-order valence-corrected chi connectivity index (χ2v) is 6.82. The molecule has 0 heterocycles. The quantitative estimate of drug-likeness (QED) is 0.816. The molecule has 0 amide bonds. The Kier molecular flexibility index (Phi) is 5.16. The second-order valence-electron chi connectivity index (χ2n) is 6.01. The molecule has 1 N–H and O–H groups in total. The summed E-state index contributed by atoms with van der Waals surface area (Å²) in [5, 5.41) is 4.81. The molecule has 19 heavy (non-hydrogen) atoms. The SMILES string of the molecule is CNC(Cc1ccc(Cl)c(Cl)c1)C1(C)CCCCC1. The Morgan fingerprint density at radius 3 is 2.42 bits per heavy atom. The zero-order valence-corrected chi connectivity index (χ0v) is 13.3. The molecule has 1 atom stereocenters. The fourth-order valence-electron chi connectivity index (χ4n) is 3.31. The van der Waals surface area contributed by atoms with E-state index in [1.165, 1.54) is 37.7 Å². The molecule has 1 fully saturated rings. The molecular weight excluding hydrogens is 277 g/mol. The Hall–Kier alpha value is -0.240. The fourth-order valence-corrected chi connectivity index (χ4v) is 3.63. The Bertz CT molecular complexity index is 425. The Morgan fingerprint density at radius 2 is 1.84 bits per heavy atom. The van der Waals surface area contributed by atoms with E-state index in [0.29, 0.717) is 21.5 Å². The number of hydrogen-bond donors (Lipinski definition) is 1. The lowest BCUT2D eigenvalue weighted by Crippen LogP contribution is -2.44. The molecule has 0 aromatic heterocycles. The van der Waals surface area contributed by atoms with E-state index in [2.05, 4.69) is 25.4 Å². The van der Waals surface area contributed by atoms with E-state index in [0.717, 1.165) is 6.42 Å². The maximum absolute atomic E-state index is 6.11. The van der Waals surface area contributed by atoms with E-state index in [4.69, 9.17) is 23.2 Å². The van der Waals surface area contributed by atoms with Crippen LogP contribution < -0.4 is 5.32 Å². The van der Waals surface area contributed by atoms with Crippen LogP contribution >= 0.6 is 23.2 Å². The van der Waals surface area contributed by atoms with Gasteiger partial charge in [-0.2, -0.15) is 0 Å². The van der Waals surface area contributed by atoms with Gasteiger partial charge < -0.3 is 5.32 Å². The first-order valence-electron chi connectivity index (χ1n) is 7.16. The van der Waals surface area contributed by atoms with Gasteiger partial charge in [-0.3, -0.25) is 0 Å². The minimum Gasteiger partial charge on any atom is -0.316 e. The number of halogens is 2. The van der Waals surface area contributed by atoms with Crippen molar-refractivity contribution in [2.24, 2.45) is 5.41 Å². The zero-order valence-electron chi connectivity index (χ0n) is 11.8. The zero-order chi connectivity index (χ0) is 13.9. The normalized spacial score (nSPS) is 20.2. The smallest absolute Gasteiger partial charge is 0.0595 e. The van der Waals surface area contributed by atoms with Crippen LogP contribution in [0.1, 0.15) is 44.6 Å². The molecule has 1 aromatic rings. The summed E-state index contributed by atoms with van der Waals surface area (Å²) in [7, 11) is 2.07. The molecule has 1 aliphatic carbocycles. The van der Waals surface area contributed by atoms with Crippen molar-refractivity contribution in [2.45, 2.75) is 51.5 Å². The highest BCUT2D eigenvalue weighted by Crippen LogP contribution is 2.40. The second kappa shape index (κ2) is 6.47. The number of benzene rings is 1. The van der Waals surface area contributed by atoms with Crippen molar-refractivity contribution in [3.63, 3.8) is 0 Å². The molecule has 106 valence electrons. The molecule has 0 radical (unpaired) electrons. The van der Waals surface area contributed by atoms with Crippen molar-refractivity contribution in [3.05, 3.63) is 33.8 Å². The predicted octanol–water partition coefficient (Wildman–Crippen LogP) is 5.09. The van der Waals surface area contributed by atoms with Gasteiger partial charge in [-0.05, 0) is 49.4 Å². The van der Waals surface area contributed by atoms with Gasteiger partial charge in [-0.15, -0.1) is 0 Å². The molecular formula is C16H23Cl2N. The third kappa shape index (κ3) is 3.65. The lowest BCUT2D eigenvalue weighted by atomic mass is 9.69. The van der Waals surface area contributed by atoms with Gasteiger partial charge in [-0.1, -0.05) is 55.5 Å². The molecule has 1 saturated carbocycles. The summed E-state index contributed by atoms with van der Waals surface area (Å²) in [6.45, 7) is 2.42. The highest BCUT2D eigenvalue weighted by atomic mass is 35.5. The fraction of sp³-hybridized carbons (Fsp3) is 0.625. The van der Waals surface area contributed by atoms with Crippen LogP contribution in [-0.4, -0.2) is 13.1 Å². The van der Waals surface area contributed by atoms with E-state index >= 15 is 0 Å². The van der Waals surface area contributed by atoms with Crippen LogP contribution in [0.2, 0.25) is 10.0 Å². The lowest BCUT2D eigenvalue weighted by molar-refractivity contribution is 0.149. The van der Waals surface area contributed by atoms with E-state index in [1.54, 1.807) is 0 Å². The van der Waals surface area contributed by atoms with Gasteiger partial charge in [0.25, 0.3) is 0 Å². The molecule has 2 rings (SSSR count). The molecule has 0 aliphatic heterocycles. The van der Waals surface area contributed by atoms with Crippen LogP contribution in [0.25, 0.3) is 0 Å². The van der Waals surface area contributed by atoms with Crippen molar-refractivity contribution < 1.29 is 0 Å². The highest BCUT2D eigenvalue weighted by Gasteiger charge is 2.34. The Labute approximate surface area is 126 Å². The lowest BCUT2D eigenvalue weighted by Gasteiger charge is -2.41. The Morgan fingerprint density at radius 1 is 1.16 bits per heavy atom. The maximum atomic E-state index is 6.11.